The number of hydrogen-bond donors (Lipinski definition) is 1. The van der Waals surface area contributed by atoms with Gasteiger partial charge in [0.15, 0.2) is 5.82 Å². The molecule has 1 aromatic carbocycles. The molecule has 3 aromatic rings. The first-order valence-electron chi connectivity index (χ1n) is 7.87. The predicted octanol–water partition coefficient (Wildman–Crippen LogP) is 2.34. The third-order valence-corrected chi connectivity index (χ3v) is 4.13. The molecule has 0 radical (unpaired) electrons. The topological polar surface area (TPSA) is 45.5 Å². The highest BCUT2D eigenvalue weighted by Gasteiger charge is 2.16. The quantitative estimate of drug-likeness (QED) is 0.789. The van der Waals surface area contributed by atoms with Gasteiger partial charge in [-0.1, -0.05) is 12.1 Å². The predicted molar refractivity (Wildman–Crippen MR) is 88.1 cm³/mol. The van der Waals surface area contributed by atoms with Crippen molar-refractivity contribution in [2.45, 2.75) is 6.42 Å². The standard InChI is InChI=1S/C17H18FN5/c18-14-4-1-3-13(11-14)15-12-16-17(20-7-10-23(16)21-15)22-8-2-5-19-6-9-22/h1,3-4,7,10-12,19H,2,5-6,8-9H2. The Morgan fingerprint density at radius 3 is 3.00 bits per heavy atom. The number of hydrogen-bond acceptors (Lipinski definition) is 4. The van der Waals surface area contributed by atoms with Crippen LogP contribution in [0.5, 0.6) is 0 Å². The second-order valence-corrected chi connectivity index (χ2v) is 5.71. The van der Waals surface area contributed by atoms with Crippen LogP contribution in [0, 0.1) is 5.82 Å². The summed E-state index contributed by atoms with van der Waals surface area (Å²) in [7, 11) is 0. The molecule has 1 fully saturated rings. The lowest BCUT2D eigenvalue weighted by Gasteiger charge is -2.21. The molecule has 0 unspecified atom stereocenters. The van der Waals surface area contributed by atoms with Gasteiger partial charge in [0.2, 0.25) is 0 Å². The van der Waals surface area contributed by atoms with Gasteiger partial charge >= 0.3 is 0 Å². The van der Waals surface area contributed by atoms with Gasteiger partial charge in [0, 0.05) is 37.6 Å². The largest absolute Gasteiger partial charge is 0.354 e. The molecule has 2 aromatic heterocycles. The molecule has 118 valence electrons. The minimum absolute atomic E-state index is 0.253. The Hall–Kier alpha value is -2.47. The first-order valence-corrected chi connectivity index (χ1v) is 7.87. The Morgan fingerprint density at radius 2 is 2.09 bits per heavy atom. The summed E-state index contributed by atoms with van der Waals surface area (Å²) in [6.07, 6.45) is 4.69. The maximum atomic E-state index is 13.5. The summed E-state index contributed by atoms with van der Waals surface area (Å²) in [5, 5.41) is 7.97. The van der Waals surface area contributed by atoms with Crippen molar-refractivity contribution in [3.8, 4) is 11.3 Å². The summed E-state index contributed by atoms with van der Waals surface area (Å²) < 4.78 is 15.3. The zero-order chi connectivity index (χ0) is 15.6. The van der Waals surface area contributed by atoms with Crippen molar-refractivity contribution in [2.24, 2.45) is 0 Å². The second kappa shape index (κ2) is 5.96. The van der Waals surface area contributed by atoms with Crippen LogP contribution in [0.2, 0.25) is 0 Å². The molecular weight excluding hydrogens is 293 g/mol. The molecule has 0 aliphatic carbocycles. The number of halogens is 1. The monoisotopic (exact) mass is 311 g/mol. The van der Waals surface area contributed by atoms with Crippen LogP contribution >= 0.6 is 0 Å². The van der Waals surface area contributed by atoms with E-state index in [2.05, 4.69) is 20.3 Å². The van der Waals surface area contributed by atoms with Crippen LogP contribution < -0.4 is 10.2 Å². The zero-order valence-corrected chi connectivity index (χ0v) is 12.7. The van der Waals surface area contributed by atoms with E-state index in [1.54, 1.807) is 12.3 Å². The Bertz CT molecular complexity index is 821. The molecule has 0 spiro atoms. The van der Waals surface area contributed by atoms with Gasteiger partial charge in [0.05, 0.1) is 5.69 Å². The highest BCUT2D eigenvalue weighted by atomic mass is 19.1. The van der Waals surface area contributed by atoms with Crippen molar-refractivity contribution in [1.29, 1.82) is 0 Å². The summed E-state index contributed by atoms with van der Waals surface area (Å²) in [5.74, 6) is 0.683. The molecule has 1 aliphatic heterocycles. The molecule has 3 heterocycles. The number of nitrogens with zero attached hydrogens (tertiary/aromatic N) is 4. The van der Waals surface area contributed by atoms with E-state index in [4.69, 9.17) is 0 Å². The summed E-state index contributed by atoms with van der Waals surface area (Å²) >= 11 is 0. The van der Waals surface area contributed by atoms with Crippen LogP contribution in [0.25, 0.3) is 16.8 Å². The second-order valence-electron chi connectivity index (χ2n) is 5.71. The number of fused-ring (bicyclic) bond motifs is 1. The van der Waals surface area contributed by atoms with Crippen molar-refractivity contribution < 1.29 is 4.39 Å². The van der Waals surface area contributed by atoms with Crippen LogP contribution in [-0.4, -0.2) is 40.8 Å². The Morgan fingerprint density at radius 1 is 1.13 bits per heavy atom. The first kappa shape index (κ1) is 14.1. The first-order chi connectivity index (χ1) is 11.3. The summed E-state index contributed by atoms with van der Waals surface area (Å²) in [4.78, 5) is 6.84. The van der Waals surface area contributed by atoms with Gasteiger partial charge in [-0.3, -0.25) is 0 Å². The molecule has 5 nitrogen and oxygen atoms in total. The van der Waals surface area contributed by atoms with Gasteiger partial charge in [0.1, 0.15) is 11.3 Å². The molecule has 1 saturated heterocycles. The molecule has 0 bridgehead atoms. The van der Waals surface area contributed by atoms with E-state index >= 15 is 0 Å². The molecular formula is C17H18FN5. The Balaban J connectivity index is 1.78. The Kier molecular flexibility index (Phi) is 3.67. The lowest BCUT2D eigenvalue weighted by atomic mass is 10.1. The van der Waals surface area contributed by atoms with Crippen molar-refractivity contribution in [3.63, 3.8) is 0 Å². The smallest absolute Gasteiger partial charge is 0.154 e. The third kappa shape index (κ3) is 2.77. The Labute approximate surface area is 133 Å². The molecule has 0 saturated carbocycles. The van der Waals surface area contributed by atoms with Gasteiger partial charge in [-0.2, -0.15) is 5.10 Å². The average molecular weight is 311 g/mol. The van der Waals surface area contributed by atoms with Crippen molar-refractivity contribution in [1.82, 2.24) is 19.9 Å². The number of anilines is 1. The molecule has 0 amide bonds. The fourth-order valence-electron chi connectivity index (χ4n) is 3.00. The molecule has 0 atom stereocenters. The summed E-state index contributed by atoms with van der Waals surface area (Å²) in [6, 6.07) is 8.50. The minimum Gasteiger partial charge on any atom is -0.354 e. The van der Waals surface area contributed by atoms with Crippen LogP contribution in [0.3, 0.4) is 0 Å². The van der Waals surface area contributed by atoms with E-state index in [1.807, 2.05) is 22.8 Å². The lowest BCUT2D eigenvalue weighted by Crippen LogP contribution is -2.29. The van der Waals surface area contributed by atoms with E-state index in [1.165, 1.54) is 12.1 Å². The van der Waals surface area contributed by atoms with Gasteiger partial charge < -0.3 is 10.2 Å². The van der Waals surface area contributed by atoms with Crippen molar-refractivity contribution in [2.75, 3.05) is 31.1 Å². The van der Waals surface area contributed by atoms with E-state index in [9.17, 15) is 4.39 Å². The van der Waals surface area contributed by atoms with Crippen molar-refractivity contribution >= 4 is 11.3 Å². The van der Waals surface area contributed by atoms with Gasteiger partial charge in [0.25, 0.3) is 0 Å². The molecule has 6 heteroatoms. The molecule has 4 rings (SSSR count). The SMILES string of the molecule is Fc1cccc(-c2cc3c(N4CCCNCC4)nccn3n2)c1. The van der Waals surface area contributed by atoms with Gasteiger partial charge in [-0.15, -0.1) is 0 Å². The van der Waals surface area contributed by atoms with E-state index in [0.717, 1.165) is 55.2 Å². The maximum absolute atomic E-state index is 13.5. The highest BCUT2D eigenvalue weighted by Crippen LogP contribution is 2.25. The summed E-state index contributed by atoms with van der Waals surface area (Å²) in [5.41, 5.74) is 2.48. The highest BCUT2D eigenvalue weighted by molar-refractivity contribution is 5.75. The number of rotatable bonds is 2. The fourth-order valence-corrected chi connectivity index (χ4v) is 3.00. The van der Waals surface area contributed by atoms with E-state index in [-0.39, 0.29) is 5.82 Å². The molecule has 1 aliphatic rings. The fraction of sp³-hybridized carbons (Fsp3) is 0.294. The van der Waals surface area contributed by atoms with Crippen LogP contribution in [0.1, 0.15) is 6.42 Å². The zero-order valence-electron chi connectivity index (χ0n) is 12.7. The maximum Gasteiger partial charge on any atom is 0.154 e. The van der Waals surface area contributed by atoms with Crippen LogP contribution in [0.15, 0.2) is 42.7 Å². The number of aromatic nitrogens is 3. The number of nitrogens with one attached hydrogen (secondary N) is 1. The average Bonchev–Trinajstić information content (AvgIpc) is 2.82. The van der Waals surface area contributed by atoms with Gasteiger partial charge in [-0.25, -0.2) is 13.9 Å². The van der Waals surface area contributed by atoms with Gasteiger partial charge in [-0.05, 0) is 31.2 Å². The minimum atomic E-state index is -0.253. The van der Waals surface area contributed by atoms with Crippen LogP contribution in [0.4, 0.5) is 10.2 Å². The normalized spacial score (nSPS) is 15.8. The lowest BCUT2D eigenvalue weighted by molar-refractivity contribution is 0.628. The summed E-state index contributed by atoms with van der Waals surface area (Å²) in [6.45, 7) is 3.88. The van der Waals surface area contributed by atoms with Crippen LogP contribution in [-0.2, 0) is 0 Å². The third-order valence-electron chi connectivity index (χ3n) is 4.13. The van der Waals surface area contributed by atoms with E-state index in [0.29, 0.717) is 0 Å². The van der Waals surface area contributed by atoms with E-state index < -0.39 is 0 Å². The van der Waals surface area contributed by atoms with Crippen molar-refractivity contribution in [3.05, 3.63) is 48.5 Å². The molecule has 1 N–H and O–H groups in total. The number of benzene rings is 1. The molecule has 23 heavy (non-hydrogen) atoms.